The highest BCUT2D eigenvalue weighted by Gasteiger charge is 2.16. The molecule has 2 heterocycles. The van der Waals surface area contributed by atoms with Crippen molar-refractivity contribution in [3.63, 3.8) is 0 Å². The van der Waals surface area contributed by atoms with Gasteiger partial charge >= 0.3 is 5.69 Å². The van der Waals surface area contributed by atoms with Gasteiger partial charge in [0.05, 0.1) is 18.6 Å². The molecule has 0 bridgehead atoms. The average Bonchev–Trinajstić information content (AvgIpc) is 3.21. The van der Waals surface area contributed by atoms with E-state index in [0.29, 0.717) is 16.8 Å². The predicted octanol–water partition coefficient (Wildman–Crippen LogP) is 5.24. The van der Waals surface area contributed by atoms with Crippen molar-refractivity contribution in [2.45, 2.75) is 53.1 Å². The number of thiophene rings is 1. The van der Waals surface area contributed by atoms with E-state index in [2.05, 4.69) is 58.0 Å². The third-order valence-electron chi connectivity index (χ3n) is 5.91. The molecule has 4 aromatic rings. The van der Waals surface area contributed by atoms with Crippen molar-refractivity contribution in [3.8, 4) is 0 Å². The van der Waals surface area contributed by atoms with Crippen LogP contribution in [-0.2, 0) is 18.5 Å². The molecular formula is C26H28N2O2S. The smallest absolute Gasteiger partial charge is 0.288 e. The molecule has 0 spiro atoms. The number of fused-ring (bicyclic) bond motifs is 1. The molecule has 160 valence electrons. The number of nitrogens with zero attached hydrogens (tertiary/aromatic N) is 2. The van der Waals surface area contributed by atoms with E-state index < -0.39 is 0 Å². The zero-order valence-corrected chi connectivity index (χ0v) is 19.5. The molecule has 0 aliphatic rings. The SMILES string of the molecule is Cc1ccc(Cn2c(=O)c3sccc3n(Cc3ccc(C(C)(C)C)cc3)c2=O)cc1C. The molecule has 0 saturated heterocycles. The Morgan fingerprint density at radius 2 is 1.45 bits per heavy atom. The standard InChI is InChI=1S/C26H28N2O2S/c1-17-6-7-20(14-18(17)2)16-28-24(29)23-22(12-13-31-23)27(25(28)30)15-19-8-10-21(11-9-19)26(3,4)5/h6-14H,15-16H2,1-5H3. The first-order valence-corrected chi connectivity index (χ1v) is 11.4. The van der Waals surface area contributed by atoms with Gasteiger partial charge in [0.15, 0.2) is 0 Å². The summed E-state index contributed by atoms with van der Waals surface area (Å²) in [6.07, 6.45) is 0. The van der Waals surface area contributed by atoms with E-state index in [9.17, 15) is 9.59 Å². The summed E-state index contributed by atoms with van der Waals surface area (Å²) in [6.45, 7) is 11.4. The summed E-state index contributed by atoms with van der Waals surface area (Å²) in [5.74, 6) is 0. The number of hydrogen-bond donors (Lipinski definition) is 0. The minimum absolute atomic E-state index is 0.0788. The number of benzene rings is 2. The van der Waals surface area contributed by atoms with Crippen LogP contribution in [0.3, 0.4) is 0 Å². The van der Waals surface area contributed by atoms with Crippen molar-refractivity contribution in [1.29, 1.82) is 0 Å². The van der Waals surface area contributed by atoms with Gasteiger partial charge in [0.25, 0.3) is 5.56 Å². The highest BCUT2D eigenvalue weighted by atomic mass is 32.1. The Bertz CT molecular complexity index is 1370. The molecule has 2 aromatic heterocycles. The maximum Gasteiger partial charge on any atom is 0.332 e. The van der Waals surface area contributed by atoms with Crippen LogP contribution in [0.5, 0.6) is 0 Å². The Balaban J connectivity index is 1.78. The summed E-state index contributed by atoms with van der Waals surface area (Å²) in [5.41, 5.74) is 5.90. The lowest BCUT2D eigenvalue weighted by molar-refractivity contribution is 0.589. The van der Waals surface area contributed by atoms with Crippen LogP contribution in [0.2, 0.25) is 0 Å². The van der Waals surface area contributed by atoms with E-state index in [1.54, 1.807) is 4.57 Å². The van der Waals surface area contributed by atoms with Crippen LogP contribution >= 0.6 is 11.3 Å². The topological polar surface area (TPSA) is 44.0 Å². The maximum absolute atomic E-state index is 13.4. The van der Waals surface area contributed by atoms with Crippen molar-refractivity contribution in [1.82, 2.24) is 9.13 Å². The van der Waals surface area contributed by atoms with Crippen molar-refractivity contribution in [2.75, 3.05) is 0 Å². The first kappa shape index (κ1) is 21.3. The quantitative estimate of drug-likeness (QED) is 0.443. The molecule has 0 fully saturated rings. The highest BCUT2D eigenvalue weighted by molar-refractivity contribution is 7.17. The molecule has 0 aliphatic heterocycles. The van der Waals surface area contributed by atoms with E-state index in [-0.39, 0.29) is 23.2 Å². The van der Waals surface area contributed by atoms with Crippen molar-refractivity contribution < 1.29 is 0 Å². The molecule has 0 atom stereocenters. The van der Waals surface area contributed by atoms with Gasteiger partial charge in [0, 0.05) is 0 Å². The lowest BCUT2D eigenvalue weighted by Crippen LogP contribution is -2.40. The fraction of sp³-hybridized carbons (Fsp3) is 0.308. The van der Waals surface area contributed by atoms with Crippen LogP contribution in [0, 0.1) is 13.8 Å². The van der Waals surface area contributed by atoms with Gasteiger partial charge in [0.1, 0.15) is 4.70 Å². The summed E-state index contributed by atoms with van der Waals surface area (Å²) < 4.78 is 3.71. The maximum atomic E-state index is 13.4. The van der Waals surface area contributed by atoms with E-state index in [0.717, 1.165) is 16.7 Å². The van der Waals surface area contributed by atoms with E-state index in [1.807, 2.05) is 30.5 Å². The van der Waals surface area contributed by atoms with E-state index >= 15 is 0 Å². The van der Waals surface area contributed by atoms with Gasteiger partial charge < -0.3 is 0 Å². The number of rotatable bonds is 4. The zero-order valence-electron chi connectivity index (χ0n) is 18.7. The third kappa shape index (κ3) is 4.15. The molecular weight excluding hydrogens is 404 g/mol. The van der Waals surface area contributed by atoms with Crippen LogP contribution < -0.4 is 11.2 Å². The molecule has 0 radical (unpaired) electrons. The molecule has 0 aliphatic carbocycles. The van der Waals surface area contributed by atoms with Gasteiger partial charge in [0.2, 0.25) is 0 Å². The first-order chi connectivity index (χ1) is 14.6. The van der Waals surface area contributed by atoms with Crippen LogP contribution in [0.25, 0.3) is 10.2 Å². The van der Waals surface area contributed by atoms with Gasteiger partial charge in [-0.2, -0.15) is 0 Å². The van der Waals surface area contributed by atoms with Crippen molar-refractivity contribution in [2.24, 2.45) is 0 Å². The van der Waals surface area contributed by atoms with Gasteiger partial charge in [-0.05, 0) is 58.5 Å². The molecule has 5 heteroatoms. The lowest BCUT2D eigenvalue weighted by Gasteiger charge is -2.19. The largest absolute Gasteiger partial charge is 0.332 e. The molecule has 0 saturated carbocycles. The van der Waals surface area contributed by atoms with E-state index in [1.165, 1.54) is 27.0 Å². The number of aryl methyl sites for hydroxylation is 2. The van der Waals surface area contributed by atoms with Gasteiger partial charge in [-0.15, -0.1) is 11.3 Å². The molecule has 4 nitrogen and oxygen atoms in total. The second-order valence-electron chi connectivity index (χ2n) is 9.26. The monoisotopic (exact) mass is 432 g/mol. The normalized spacial score (nSPS) is 11.9. The van der Waals surface area contributed by atoms with Crippen molar-refractivity contribution >= 4 is 21.6 Å². The molecule has 0 N–H and O–H groups in total. The lowest BCUT2D eigenvalue weighted by atomic mass is 9.87. The fourth-order valence-electron chi connectivity index (χ4n) is 3.80. The summed E-state index contributed by atoms with van der Waals surface area (Å²) in [7, 11) is 0. The predicted molar refractivity (Wildman–Crippen MR) is 130 cm³/mol. The minimum Gasteiger partial charge on any atom is -0.288 e. The van der Waals surface area contributed by atoms with Crippen LogP contribution in [0.15, 0.2) is 63.5 Å². The van der Waals surface area contributed by atoms with Crippen LogP contribution in [-0.4, -0.2) is 9.13 Å². The highest BCUT2D eigenvalue weighted by Crippen LogP contribution is 2.23. The fourth-order valence-corrected chi connectivity index (χ4v) is 4.65. The Morgan fingerprint density at radius 1 is 0.806 bits per heavy atom. The molecule has 4 rings (SSSR count). The summed E-state index contributed by atoms with van der Waals surface area (Å²) in [6, 6.07) is 16.3. The summed E-state index contributed by atoms with van der Waals surface area (Å²) in [4.78, 5) is 26.5. The molecule has 31 heavy (non-hydrogen) atoms. The zero-order chi connectivity index (χ0) is 22.3. The summed E-state index contributed by atoms with van der Waals surface area (Å²) in [5, 5.41) is 1.88. The second-order valence-corrected chi connectivity index (χ2v) is 10.2. The minimum atomic E-state index is -0.269. The second kappa shape index (κ2) is 7.97. The average molecular weight is 433 g/mol. The van der Waals surface area contributed by atoms with Gasteiger partial charge in [-0.3, -0.25) is 13.9 Å². The van der Waals surface area contributed by atoms with Crippen LogP contribution in [0.1, 0.15) is 48.6 Å². The van der Waals surface area contributed by atoms with Crippen molar-refractivity contribution in [3.05, 3.63) is 103 Å². The Kier molecular flexibility index (Phi) is 5.48. The Morgan fingerprint density at radius 3 is 2.10 bits per heavy atom. The Labute approximate surface area is 186 Å². The molecule has 0 unspecified atom stereocenters. The summed E-state index contributed by atoms with van der Waals surface area (Å²) >= 11 is 1.39. The molecule has 0 amide bonds. The van der Waals surface area contributed by atoms with E-state index in [4.69, 9.17) is 0 Å². The number of hydrogen-bond acceptors (Lipinski definition) is 3. The molecule has 2 aromatic carbocycles. The third-order valence-corrected chi connectivity index (χ3v) is 6.80. The Hall–Kier alpha value is -2.92. The first-order valence-electron chi connectivity index (χ1n) is 10.5. The van der Waals surface area contributed by atoms with Gasteiger partial charge in [-0.1, -0.05) is 63.2 Å². The number of aromatic nitrogens is 2. The van der Waals surface area contributed by atoms with Crippen LogP contribution in [0.4, 0.5) is 0 Å². The van der Waals surface area contributed by atoms with Gasteiger partial charge in [-0.25, -0.2) is 4.79 Å².